The number of hydrogen-bond donors (Lipinski definition) is 1. The van der Waals surface area contributed by atoms with E-state index in [1.807, 2.05) is 13.8 Å². The predicted molar refractivity (Wildman–Crippen MR) is 95.3 cm³/mol. The second-order valence-electron chi connectivity index (χ2n) is 5.91. The second-order valence-corrected chi connectivity index (χ2v) is 6.32. The molecule has 2 heterocycles. The molecule has 3 rings (SSSR count). The third-order valence-electron chi connectivity index (χ3n) is 4.30. The first-order valence-electron chi connectivity index (χ1n) is 7.85. The maximum absolute atomic E-state index is 13.2. The molecule has 0 unspecified atom stereocenters. The summed E-state index contributed by atoms with van der Waals surface area (Å²) in [6, 6.07) is 6.94. The van der Waals surface area contributed by atoms with Gasteiger partial charge in [0, 0.05) is 18.3 Å². The quantitative estimate of drug-likeness (QED) is 0.728. The predicted octanol–water partition coefficient (Wildman–Crippen LogP) is 2.91. The van der Waals surface area contributed by atoms with Gasteiger partial charge in [0.05, 0.1) is 22.0 Å². The van der Waals surface area contributed by atoms with Crippen LogP contribution in [0.5, 0.6) is 0 Å². The van der Waals surface area contributed by atoms with Crippen LogP contribution in [0.15, 0.2) is 24.3 Å². The lowest BCUT2D eigenvalue weighted by Crippen LogP contribution is -2.14. The molecule has 0 saturated carbocycles. The molecule has 0 bridgehead atoms. The van der Waals surface area contributed by atoms with Gasteiger partial charge in [-0.05, 0) is 32.9 Å². The Bertz CT molecular complexity index is 972. The number of carbonyl (C=O) groups excluding carboxylic acids is 1. The van der Waals surface area contributed by atoms with E-state index in [0.29, 0.717) is 33.5 Å². The van der Waals surface area contributed by atoms with E-state index in [1.165, 1.54) is 0 Å². The molecule has 1 N–H and O–H groups in total. The molecule has 3 aromatic rings. The Hall–Kier alpha value is -2.44. The van der Waals surface area contributed by atoms with Gasteiger partial charge in [-0.3, -0.25) is 14.0 Å². The van der Waals surface area contributed by atoms with Gasteiger partial charge in [0.25, 0.3) is 0 Å². The van der Waals surface area contributed by atoms with E-state index in [2.05, 4.69) is 10.1 Å². The Labute approximate surface area is 150 Å². The van der Waals surface area contributed by atoms with Crippen LogP contribution in [-0.2, 0) is 13.7 Å². The fourth-order valence-electron chi connectivity index (χ4n) is 3.02. The summed E-state index contributed by atoms with van der Waals surface area (Å²) in [5.41, 5.74) is 3.10. The van der Waals surface area contributed by atoms with E-state index in [0.717, 1.165) is 11.4 Å². The highest BCUT2D eigenvalue weighted by Crippen LogP contribution is 2.27. The van der Waals surface area contributed by atoms with Gasteiger partial charge in [-0.2, -0.15) is 5.10 Å². The number of rotatable bonds is 4. The third kappa shape index (κ3) is 2.77. The average molecular weight is 359 g/mol. The number of aryl methyl sites for hydroxylation is 3. The highest BCUT2D eigenvalue weighted by atomic mass is 35.5. The van der Waals surface area contributed by atoms with Crippen molar-refractivity contribution in [2.75, 3.05) is 0 Å². The summed E-state index contributed by atoms with van der Waals surface area (Å²) >= 11 is 6.21. The number of hydrogen-bond acceptors (Lipinski definition) is 4. The SMILES string of the molecule is Cc1nn(C)c(-n2c(CO)nc(C)c2C)c1C(=O)c1ccccc1Cl. The molecule has 0 saturated heterocycles. The van der Waals surface area contributed by atoms with Gasteiger partial charge < -0.3 is 5.11 Å². The van der Waals surface area contributed by atoms with Crippen molar-refractivity contribution in [3.8, 4) is 5.82 Å². The van der Waals surface area contributed by atoms with Gasteiger partial charge in [0.15, 0.2) is 5.78 Å². The van der Waals surface area contributed by atoms with Crippen molar-refractivity contribution in [3.63, 3.8) is 0 Å². The van der Waals surface area contributed by atoms with Gasteiger partial charge in [-0.15, -0.1) is 0 Å². The molecule has 1 aromatic carbocycles. The first-order valence-corrected chi connectivity index (χ1v) is 8.23. The first-order chi connectivity index (χ1) is 11.9. The van der Waals surface area contributed by atoms with Crippen LogP contribution in [0.3, 0.4) is 0 Å². The number of nitrogens with zero attached hydrogens (tertiary/aromatic N) is 4. The standard InChI is InChI=1S/C18H19ClN4O2/c1-10-12(3)23(15(9-24)20-10)18-16(11(2)21-22(18)4)17(25)13-7-5-6-8-14(13)19/h5-8,24H,9H2,1-4H3. The van der Waals surface area contributed by atoms with Crippen LogP contribution in [0.25, 0.3) is 5.82 Å². The molecule has 0 radical (unpaired) electrons. The van der Waals surface area contributed by atoms with Crippen LogP contribution in [0.1, 0.15) is 38.8 Å². The molecule has 6 nitrogen and oxygen atoms in total. The zero-order valence-corrected chi connectivity index (χ0v) is 15.3. The monoisotopic (exact) mass is 358 g/mol. The van der Waals surface area contributed by atoms with E-state index >= 15 is 0 Å². The average Bonchev–Trinajstić information content (AvgIpc) is 3.02. The zero-order chi connectivity index (χ0) is 18.3. The minimum atomic E-state index is -0.237. The van der Waals surface area contributed by atoms with E-state index in [9.17, 15) is 9.90 Å². The maximum atomic E-state index is 13.2. The third-order valence-corrected chi connectivity index (χ3v) is 4.63. The van der Waals surface area contributed by atoms with E-state index in [4.69, 9.17) is 11.6 Å². The first kappa shape index (κ1) is 17.4. The van der Waals surface area contributed by atoms with Crippen LogP contribution in [0.4, 0.5) is 0 Å². The Kier molecular flexibility index (Phi) is 4.49. The molecular formula is C18H19ClN4O2. The maximum Gasteiger partial charge on any atom is 0.200 e. The second kappa shape index (κ2) is 6.46. The highest BCUT2D eigenvalue weighted by Gasteiger charge is 2.27. The molecule has 130 valence electrons. The Morgan fingerprint density at radius 2 is 1.88 bits per heavy atom. The van der Waals surface area contributed by atoms with Crippen LogP contribution < -0.4 is 0 Å². The van der Waals surface area contributed by atoms with Gasteiger partial charge in [0.1, 0.15) is 18.2 Å². The summed E-state index contributed by atoms with van der Waals surface area (Å²) in [4.78, 5) is 17.6. The van der Waals surface area contributed by atoms with Crippen LogP contribution in [-0.4, -0.2) is 30.2 Å². The largest absolute Gasteiger partial charge is 0.388 e. The normalized spacial score (nSPS) is 11.1. The van der Waals surface area contributed by atoms with Gasteiger partial charge in [-0.25, -0.2) is 4.98 Å². The number of benzene rings is 1. The molecule has 0 atom stereocenters. The number of ketones is 1. The van der Waals surface area contributed by atoms with E-state index in [1.54, 1.807) is 47.5 Å². The Morgan fingerprint density at radius 1 is 1.20 bits per heavy atom. The van der Waals surface area contributed by atoms with E-state index in [-0.39, 0.29) is 12.4 Å². The molecule has 25 heavy (non-hydrogen) atoms. The summed E-state index contributed by atoms with van der Waals surface area (Å²) in [5.74, 6) is 0.830. The Balaban J connectivity index is 2.28. The van der Waals surface area contributed by atoms with Crippen molar-refractivity contribution in [1.29, 1.82) is 0 Å². The van der Waals surface area contributed by atoms with Gasteiger partial charge in [0.2, 0.25) is 0 Å². The topological polar surface area (TPSA) is 72.9 Å². The van der Waals surface area contributed by atoms with Crippen molar-refractivity contribution in [3.05, 3.63) is 63.3 Å². The summed E-state index contributed by atoms with van der Waals surface area (Å²) in [5, 5.41) is 14.5. The zero-order valence-electron chi connectivity index (χ0n) is 14.5. The summed E-state index contributed by atoms with van der Waals surface area (Å²) in [6.45, 7) is 5.31. The van der Waals surface area contributed by atoms with Crippen molar-refractivity contribution >= 4 is 17.4 Å². The number of imidazole rings is 1. The number of aliphatic hydroxyl groups excluding tert-OH is 1. The minimum absolute atomic E-state index is 0.208. The molecule has 0 aliphatic heterocycles. The lowest BCUT2D eigenvalue weighted by molar-refractivity contribution is 0.103. The van der Waals surface area contributed by atoms with Crippen LogP contribution in [0, 0.1) is 20.8 Å². The van der Waals surface area contributed by atoms with Gasteiger partial charge >= 0.3 is 0 Å². The fraction of sp³-hybridized carbons (Fsp3) is 0.278. The molecule has 0 fully saturated rings. The molecule has 0 aliphatic carbocycles. The molecule has 0 amide bonds. The number of aliphatic hydroxyl groups is 1. The fourth-order valence-corrected chi connectivity index (χ4v) is 3.24. The summed E-state index contributed by atoms with van der Waals surface area (Å²) in [6.07, 6.45) is 0. The minimum Gasteiger partial charge on any atom is -0.388 e. The lowest BCUT2D eigenvalue weighted by Gasteiger charge is -2.12. The Morgan fingerprint density at radius 3 is 2.52 bits per heavy atom. The summed E-state index contributed by atoms with van der Waals surface area (Å²) in [7, 11) is 1.77. The van der Waals surface area contributed by atoms with Crippen molar-refractivity contribution in [1.82, 2.24) is 19.3 Å². The molecular weight excluding hydrogens is 340 g/mol. The van der Waals surface area contributed by atoms with Crippen molar-refractivity contribution in [2.24, 2.45) is 7.05 Å². The van der Waals surface area contributed by atoms with Gasteiger partial charge in [-0.1, -0.05) is 23.7 Å². The lowest BCUT2D eigenvalue weighted by atomic mass is 10.0. The van der Waals surface area contributed by atoms with E-state index < -0.39 is 0 Å². The molecule has 0 aliphatic rings. The number of aromatic nitrogens is 4. The number of halogens is 1. The van der Waals surface area contributed by atoms with Crippen molar-refractivity contribution < 1.29 is 9.90 Å². The molecule has 0 spiro atoms. The molecule has 7 heteroatoms. The van der Waals surface area contributed by atoms with Crippen LogP contribution >= 0.6 is 11.6 Å². The molecule has 2 aromatic heterocycles. The number of carbonyl (C=O) groups is 1. The highest BCUT2D eigenvalue weighted by molar-refractivity contribution is 6.35. The van der Waals surface area contributed by atoms with Crippen LogP contribution in [0.2, 0.25) is 5.02 Å². The smallest absolute Gasteiger partial charge is 0.200 e. The summed E-state index contributed by atoms with van der Waals surface area (Å²) < 4.78 is 3.41. The van der Waals surface area contributed by atoms with Crippen molar-refractivity contribution in [2.45, 2.75) is 27.4 Å².